The van der Waals surface area contributed by atoms with Crippen LogP contribution in [-0.4, -0.2) is 13.4 Å². The van der Waals surface area contributed by atoms with Crippen LogP contribution in [0.2, 0.25) is 0 Å². The zero-order valence-corrected chi connectivity index (χ0v) is 14.7. The smallest absolute Gasteiger partial charge is 0.150 e. The van der Waals surface area contributed by atoms with E-state index in [4.69, 9.17) is 4.74 Å². The summed E-state index contributed by atoms with van der Waals surface area (Å²) in [5.74, 6) is 0.981. The molecule has 0 aliphatic rings. The fourth-order valence-corrected chi connectivity index (χ4v) is 2.94. The number of methoxy groups -OCH3 is 1. The highest BCUT2D eigenvalue weighted by Crippen LogP contribution is 2.33. The molecule has 0 saturated carbocycles. The molecule has 0 radical (unpaired) electrons. The molecule has 1 unspecified atom stereocenters. The molecule has 0 aromatic heterocycles. The lowest BCUT2D eigenvalue weighted by molar-refractivity contribution is 0.112. The van der Waals surface area contributed by atoms with Gasteiger partial charge in [-0.15, -0.1) is 0 Å². The molecule has 0 amide bonds. The summed E-state index contributed by atoms with van der Waals surface area (Å²) >= 11 is 0. The molecule has 2 rings (SSSR count). The Kier molecular flexibility index (Phi) is 5.25. The lowest BCUT2D eigenvalue weighted by Crippen LogP contribution is -2.11. The van der Waals surface area contributed by atoms with Gasteiger partial charge in [-0.05, 0) is 46.7 Å². The van der Waals surface area contributed by atoms with E-state index in [9.17, 15) is 4.79 Å². The van der Waals surface area contributed by atoms with Gasteiger partial charge < -0.3 is 4.74 Å². The van der Waals surface area contributed by atoms with Gasteiger partial charge in [0.05, 0.1) is 7.11 Å². The van der Waals surface area contributed by atoms with Crippen molar-refractivity contribution in [3.63, 3.8) is 0 Å². The molecule has 0 aliphatic carbocycles. The van der Waals surface area contributed by atoms with Crippen molar-refractivity contribution in [1.29, 1.82) is 0 Å². The van der Waals surface area contributed by atoms with Crippen LogP contribution in [0.5, 0.6) is 5.75 Å². The molecule has 0 heterocycles. The number of hydrogen-bond donors (Lipinski definition) is 0. The lowest BCUT2D eigenvalue weighted by atomic mass is 9.82. The van der Waals surface area contributed by atoms with Crippen LogP contribution in [-0.2, 0) is 5.41 Å². The van der Waals surface area contributed by atoms with Crippen molar-refractivity contribution in [1.82, 2.24) is 0 Å². The zero-order valence-electron chi connectivity index (χ0n) is 14.7. The third kappa shape index (κ3) is 3.82. The van der Waals surface area contributed by atoms with Crippen LogP contribution in [0.4, 0.5) is 0 Å². The third-order valence-electron chi connectivity index (χ3n) is 4.38. The predicted molar refractivity (Wildman–Crippen MR) is 95.7 cm³/mol. The molecule has 2 aromatic rings. The summed E-state index contributed by atoms with van der Waals surface area (Å²) in [5.41, 5.74) is 4.46. The largest absolute Gasteiger partial charge is 0.497 e. The van der Waals surface area contributed by atoms with Crippen LogP contribution in [0.3, 0.4) is 0 Å². The minimum Gasteiger partial charge on any atom is -0.497 e. The van der Waals surface area contributed by atoms with E-state index in [0.29, 0.717) is 0 Å². The number of aldehydes is 1. The SMILES string of the molecule is CCC(c1ccc(C(C)(C)C)cc1)c1cc(OC)ccc1C=O. The van der Waals surface area contributed by atoms with Gasteiger partial charge in [0.15, 0.2) is 0 Å². The summed E-state index contributed by atoms with van der Waals surface area (Å²) in [5, 5.41) is 0. The van der Waals surface area contributed by atoms with Crippen molar-refractivity contribution in [2.75, 3.05) is 7.11 Å². The van der Waals surface area contributed by atoms with Gasteiger partial charge >= 0.3 is 0 Å². The monoisotopic (exact) mass is 310 g/mol. The quantitative estimate of drug-likeness (QED) is 0.696. The second kappa shape index (κ2) is 6.99. The first-order chi connectivity index (χ1) is 10.9. The van der Waals surface area contributed by atoms with Gasteiger partial charge in [-0.3, -0.25) is 4.79 Å². The predicted octanol–water partition coefficient (Wildman–Crippen LogP) is 5.35. The van der Waals surface area contributed by atoms with Gasteiger partial charge in [0, 0.05) is 11.5 Å². The van der Waals surface area contributed by atoms with Crippen molar-refractivity contribution in [2.45, 2.75) is 45.4 Å². The number of hydrogen-bond acceptors (Lipinski definition) is 2. The molecule has 0 fully saturated rings. The second-order valence-electron chi connectivity index (χ2n) is 6.95. The Morgan fingerprint density at radius 2 is 1.74 bits per heavy atom. The summed E-state index contributed by atoms with van der Waals surface area (Å²) in [4.78, 5) is 11.4. The molecule has 23 heavy (non-hydrogen) atoms. The van der Waals surface area contributed by atoms with E-state index in [-0.39, 0.29) is 11.3 Å². The maximum atomic E-state index is 11.4. The molecule has 2 nitrogen and oxygen atoms in total. The van der Waals surface area contributed by atoms with E-state index in [2.05, 4.69) is 52.0 Å². The molecule has 0 spiro atoms. The average Bonchev–Trinajstić information content (AvgIpc) is 2.55. The summed E-state index contributed by atoms with van der Waals surface area (Å²) in [7, 11) is 1.65. The lowest BCUT2D eigenvalue weighted by Gasteiger charge is -2.22. The van der Waals surface area contributed by atoms with Gasteiger partial charge in [-0.25, -0.2) is 0 Å². The first kappa shape index (κ1) is 17.3. The van der Waals surface area contributed by atoms with Crippen molar-refractivity contribution in [2.24, 2.45) is 0 Å². The van der Waals surface area contributed by atoms with Crippen molar-refractivity contribution < 1.29 is 9.53 Å². The second-order valence-corrected chi connectivity index (χ2v) is 6.95. The first-order valence-electron chi connectivity index (χ1n) is 8.14. The highest BCUT2D eigenvalue weighted by Gasteiger charge is 2.18. The molecule has 122 valence electrons. The molecule has 0 saturated heterocycles. The fraction of sp³-hybridized carbons (Fsp3) is 0.381. The highest BCUT2D eigenvalue weighted by atomic mass is 16.5. The van der Waals surface area contributed by atoms with Gasteiger partial charge in [0.2, 0.25) is 0 Å². The number of benzene rings is 2. The minimum atomic E-state index is 0.143. The summed E-state index contributed by atoms with van der Waals surface area (Å²) in [6.07, 6.45) is 1.86. The van der Waals surface area contributed by atoms with E-state index >= 15 is 0 Å². The van der Waals surface area contributed by atoms with Crippen LogP contribution in [0.1, 0.15) is 67.1 Å². The Morgan fingerprint density at radius 3 is 2.22 bits per heavy atom. The van der Waals surface area contributed by atoms with Crippen LogP contribution < -0.4 is 4.74 Å². The van der Waals surface area contributed by atoms with Crippen LogP contribution in [0.15, 0.2) is 42.5 Å². The van der Waals surface area contributed by atoms with Gasteiger partial charge in [0.1, 0.15) is 12.0 Å². The molecular weight excluding hydrogens is 284 g/mol. The Bertz CT molecular complexity index is 663. The molecule has 0 aliphatic heterocycles. The zero-order chi connectivity index (χ0) is 17.0. The summed E-state index contributed by atoms with van der Waals surface area (Å²) in [6, 6.07) is 14.4. The van der Waals surface area contributed by atoms with E-state index < -0.39 is 0 Å². The molecule has 2 heteroatoms. The Balaban J connectivity index is 2.45. The molecule has 2 aromatic carbocycles. The van der Waals surface area contributed by atoms with Crippen LogP contribution in [0.25, 0.3) is 0 Å². The number of carbonyl (C=O) groups excluding carboxylic acids is 1. The number of rotatable bonds is 5. The molecule has 0 N–H and O–H groups in total. The van der Waals surface area contributed by atoms with Gasteiger partial charge in [-0.2, -0.15) is 0 Å². The highest BCUT2D eigenvalue weighted by molar-refractivity contribution is 5.78. The van der Waals surface area contributed by atoms with E-state index in [0.717, 1.165) is 29.6 Å². The first-order valence-corrected chi connectivity index (χ1v) is 8.14. The average molecular weight is 310 g/mol. The van der Waals surface area contributed by atoms with E-state index in [1.807, 2.05) is 18.2 Å². The third-order valence-corrected chi connectivity index (χ3v) is 4.38. The van der Waals surface area contributed by atoms with Crippen LogP contribution >= 0.6 is 0 Å². The molecule has 0 bridgehead atoms. The Hall–Kier alpha value is -2.09. The van der Waals surface area contributed by atoms with Crippen LogP contribution in [0, 0.1) is 0 Å². The van der Waals surface area contributed by atoms with Crippen molar-refractivity contribution in [3.05, 3.63) is 64.7 Å². The van der Waals surface area contributed by atoms with E-state index in [1.165, 1.54) is 11.1 Å². The summed E-state index contributed by atoms with van der Waals surface area (Å²) < 4.78 is 5.33. The molecular formula is C21H26O2. The normalized spacial score (nSPS) is 12.7. The standard InChI is InChI=1S/C21H26O2/c1-6-19(15-7-10-17(11-8-15)21(2,3)4)20-13-18(23-5)12-9-16(20)14-22/h7-14,19H,6H2,1-5H3. The van der Waals surface area contributed by atoms with Gasteiger partial charge in [0.25, 0.3) is 0 Å². The van der Waals surface area contributed by atoms with E-state index in [1.54, 1.807) is 7.11 Å². The van der Waals surface area contributed by atoms with Crippen molar-refractivity contribution in [3.8, 4) is 5.75 Å². The molecule has 1 atom stereocenters. The summed E-state index contributed by atoms with van der Waals surface area (Å²) in [6.45, 7) is 8.79. The maximum absolute atomic E-state index is 11.4. The number of ether oxygens (including phenoxy) is 1. The Morgan fingerprint density at radius 1 is 1.09 bits per heavy atom. The fourth-order valence-electron chi connectivity index (χ4n) is 2.94. The van der Waals surface area contributed by atoms with Crippen molar-refractivity contribution >= 4 is 6.29 Å². The maximum Gasteiger partial charge on any atom is 0.150 e. The minimum absolute atomic E-state index is 0.143. The van der Waals surface area contributed by atoms with Gasteiger partial charge in [-0.1, -0.05) is 52.0 Å². The topological polar surface area (TPSA) is 26.3 Å². The Labute approximate surface area is 139 Å². The number of carbonyl (C=O) groups is 1.